The molecular weight excluding hydrogens is 300 g/mol. The SMILES string of the molecule is CCN(C)c1ccc(C(=O)NC(C)(C)c2ccccc2OC)cc1. The van der Waals surface area contributed by atoms with Crippen LogP contribution in [-0.4, -0.2) is 26.6 Å². The third-order valence-electron chi connectivity index (χ3n) is 4.25. The van der Waals surface area contributed by atoms with Crippen molar-refractivity contribution in [2.24, 2.45) is 0 Å². The Morgan fingerprint density at radius 1 is 1.12 bits per heavy atom. The fourth-order valence-corrected chi connectivity index (χ4v) is 2.63. The molecule has 0 fully saturated rings. The first kappa shape index (κ1) is 17.9. The van der Waals surface area contributed by atoms with E-state index in [9.17, 15) is 4.79 Å². The molecule has 0 aliphatic carbocycles. The third kappa shape index (κ3) is 3.88. The number of rotatable bonds is 6. The van der Waals surface area contributed by atoms with Gasteiger partial charge in [0.1, 0.15) is 5.75 Å². The third-order valence-corrected chi connectivity index (χ3v) is 4.25. The van der Waals surface area contributed by atoms with E-state index in [2.05, 4.69) is 17.1 Å². The molecule has 0 heterocycles. The summed E-state index contributed by atoms with van der Waals surface area (Å²) in [6.45, 7) is 6.97. The molecular formula is C20H26N2O2. The second-order valence-corrected chi connectivity index (χ2v) is 6.34. The number of nitrogens with zero attached hydrogens (tertiary/aromatic N) is 1. The molecule has 2 rings (SSSR count). The van der Waals surface area contributed by atoms with Gasteiger partial charge in [0.25, 0.3) is 5.91 Å². The van der Waals surface area contributed by atoms with Gasteiger partial charge in [0.15, 0.2) is 0 Å². The number of carbonyl (C=O) groups excluding carboxylic acids is 1. The summed E-state index contributed by atoms with van der Waals surface area (Å²) in [5.74, 6) is 0.666. The molecule has 24 heavy (non-hydrogen) atoms. The Labute approximate surface area is 144 Å². The maximum atomic E-state index is 12.6. The van der Waals surface area contributed by atoms with Crippen LogP contribution in [0.2, 0.25) is 0 Å². The van der Waals surface area contributed by atoms with Crippen LogP contribution in [0, 0.1) is 0 Å². The Hall–Kier alpha value is -2.49. The Morgan fingerprint density at radius 3 is 2.33 bits per heavy atom. The van der Waals surface area contributed by atoms with Crippen LogP contribution < -0.4 is 15.0 Å². The number of methoxy groups -OCH3 is 1. The fourth-order valence-electron chi connectivity index (χ4n) is 2.63. The van der Waals surface area contributed by atoms with Crippen LogP contribution in [0.1, 0.15) is 36.7 Å². The lowest BCUT2D eigenvalue weighted by molar-refractivity contribution is 0.0911. The highest BCUT2D eigenvalue weighted by Crippen LogP contribution is 2.29. The smallest absolute Gasteiger partial charge is 0.251 e. The summed E-state index contributed by atoms with van der Waals surface area (Å²) in [6.07, 6.45) is 0. The van der Waals surface area contributed by atoms with Crippen LogP contribution in [-0.2, 0) is 5.54 Å². The second-order valence-electron chi connectivity index (χ2n) is 6.34. The summed E-state index contributed by atoms with van der Waals surface area (Å²) in [4.78, 5) is 14.7. The van der Waals surface area contributed by atoms with Gasteiger partial charge in [-0.3, -0.25) is 4.79 Å². The molecule has 0 aliphatic rings. The Morgan fingerprint density at radius 2 is 1.75 bits per heavy atom. The van der Waals surface area contributed by atoms with E-state index in [0.717, 1.165) is 23.5 Å². The second kappa shape index (κ2) is 7.39. The molecule has 2 aromatic rings. The van der Waals surface area contributed by atoms with Gasteiger partial charge in [0.05, 0.1) is 12.6 Å². The van der Waals surface area contributed by atoms with Crippen LogP contribution in [0.3, 0.4) is 0 Å². The van der Waals surface area contributed by atoms with Gasteiger partial charge in [-0.1, -0.05) is 18.2 Å². The number of ether oxygens (including phenoxy) is 1. The van der Waals surface area contributed by atoms with E-state index in [4.69, 9.17) is 4.74 Å². The minimum absolute atomic E-state index is 0.100. The normalized spacial score (nSPS) is 11.0. The number of amides is 1. The van der Waals surface area contributed by atoms with Gasteiger partial charge < -0.3 is 15.0 Å². The number of hydrogen-bond donors (Lipinski definition) is 1. The molecule has 0 aromatic heterocycles. The maximum Gasteiger partial charge on any atom is 0.251 e. The molecule has 1 amide bonds. The van der Waals surface area contributed by atoms with E-state index in [1.165, 1.54) is 0 Å². The Kier molecular flexibility index (Phi) is 5.50. The van der Waals surface area contributed by atoms with Crippen molar-refractivity contribution in [2.75, 3.05) is 25.6 Å². The zero-order valence-electron chi connectivity index (χ0n) is 15.1. The van der Waals surface area contributed by atoms with Crippen molar-refractivity contribution in [3.63, 3.8) is 0 Å². The lowest BCUT2D eigenvalue weighted by Crippen LogP contribution is -2.41. The van der Waals surface area contributed by atoms with Crippen molar-refractivity contribution in [1.82, 2.24) is 5.32 Å². The molecule has 0 aliphatic heterocycles. The molecule has 0 radical (unpaired) electrons. The number of carbonyl (C=O) groups is 1. The van der Waals surface area contributed by atoms with Gasteiger partial charge in [-0.05, 0) is 51.1 Å². The quantitative estimate of drug-likeness (QED) is 0.877. The number of nitrogens with one attached hydrogen (secondary N) is 1. The largest absolute Gasteiger partial charge is 0.496 e. The summed E-state index contributed by atoms with van der Waals surface area (Å²) >= 11 is 0. The number of para-hydroxylation sites is 1. The summed E-state index contributed by atoms with van der Waals surface area (Å²) in [6, 6.07) is 15.4. The molecule has 1 N–H and O–H groups in total. The van der Waals surface area contributed by atoms with Crippen LogP contribution >= 0.6 is 0 Å². The average molecular weight is 326 g/mol. The average Bonchev–Trinajstić information content (AvgIpc) is 2.60. The van der Waals surface area contributed by atoms with Crippen molar-refractivity contribution < 1.29 is 9.53 Å². The van der Waals surface area contributed by atoms with E-state index in [0.29, 0.717) is 5.56 Å². The zero-order valence-corrected chi connectivity index (χ0v) is 15.1. The molecule has 0 saturated heterocycles. The topological polar surface area (TPSA) is 41.6 Å². The molecule has 2 aromatic carbocycles. The molecule has 4 heteroatoms. The van der Waals surface area contributed by atoms with Crippen LogP contribution in [0.5, 0.6) is 5.75 Å². The predicted octanol–water partition coefficient (Wildman–Crippen LogP) is 3.82. The van der Waals surface area contributed by atoms with Crippen molar-refractivity contribution in [1.29, 1.82) is 0 Å². The first-order valence-corrected chi connectivity index (χ1v) is 8.16. The molecule has 128 valence electrons. The van der Waals surface area contributed by atoms with Crippen molar-refractivity contribution in [2.45, 2.75) is 26.3 Å². The predicted molar refractivity (Wildman–Crippen MR) is 98.9 cm³/mol. The molecule has 0 saturated carbocycles. The number of anilines is 1. The van der Waals surface area contributed by atoms with E-state index >= 15 is 0 Å². The van der Waals surface area contributed by atoms with E-state index in [1.807, 2.05) is 69.4 Å². The van der Waals surface area contributed by atoms with Crippen molar-refractivity contribution in [3.8, 4) is 5.75 Å². The standard InChI is InChI=1S/C20H26N2O2/c1-6-22(4)16-13-11-15(12-14-16)19(23)21-20(2,3)17-9-7-8-10-18(17)24-5/h7-14H,6H2,1-5H3,(H,21,23). The molecule has 0 unspecified atom stereocenters. The van der Waals surface area contributed by atoms with Gasteiger partial charge in [-0.15, -0.1) is 0 Å². The molecule has 4 nitrogen and oxygen atoms in total. The minimum Gasteiger partial charge on any atom is -0.496 e. The van der Waals surface area contributed by atoms with Gasteiger partial charge in [0.2, 0.25) is 0 Å². The molecule has 0 spiro atoms. The van der Waals surface area contributed by atoms with Gasteiger partial charge in [-0.25, -0.2) is 0 Å². The van der Waals surface area contributed by atoms with Gasteiger partial charge >= 0.3 is 0 Å². The van der Waals surface area contributed by atoms with Crippen LogP contribution in [0.15, 0.2) is 48.5 Å². The maximum absolute atomic E-state index is 12.6. The van der Waals surface area contributed by atoms with E-state index in [-0.39, 0.29) is 5.91 Å². The monoisotopic (exact) mass is 326 g/mol. The lowest BCUT2D eigenvalue weighted by atomic mass is 9.93. The zero-order chi connectivity index (χ0) is 17.7. The first-order chi connectivity index (χ1) is 11.4. The Bertz CT molecular complexity index is 693. The molecule has 0 atom stereocenters. The summed E-state index contributed by atoms with van der Waals surface area (Å²) in [5, 5.41) is 3.09. The number of hydrogen-bond acceptors (Lipinski definition) is 3. The summed E-state index contributed by atoms with van der Waals surface area (Å²) in [5.41, 5.74) is 2.15. The van der Waals surface area contributed by atoms with Crippen molar-refractivity contribution in [3.05, 3.63) is 59.7 Å². The van der Waals surface area contributed by atoms with E-state index in [1.54, 1.807) is 7.11 Å². The lowest BCUT2D eigenvalue weighted by Gasteiger charge is -2.28. The van der Waals surface area contributed by atoms with Gasteiger partial charge in [0, 0.05) is 30.4 Å². The fraction of sp³-hybridized carbons (Fsp3) is 0.350. The Balaban J connectivity index is 2.18. The summed E-state index contributed by atoms with van der Waals surface area (Å²) < 4.78 is 5.42. The molecule has 0 bridgehead atoms. The minimum atomic E-state index is -0.539. The van der Waals surface area contributed by atoms with Crippen molar-refractivity contribution >= 4 is 11.6 Å². The highest BCUT2D eigenvalue weighted by molar-refractivity contribution is 5.95. The van der Waals surface area contributed by atoms with Crippen LogP contribution in [0.25, 0.3) is 0 Å². The highest BCUT2D eigenvalue weighted by atomic mass is 16.5. The van der Waals surface area contributed by atoms with Crippen LogP contribution in [0.4, 0.5) is 5.69 Å². The van der Waals surface area contributed by atoms with E-state index < -0.39 is 5.54 Å². The summed E-state index contributed by atoms with van der Waals surface area (Å²) in [7, 11) is 3.67. The number of benzene rings is 2. The van der Waals surface area contributed by atoms with Gasteiger partial charge in [-0.2, -0.15) is 0 Å². The highest BCUT2D eigenvalue weighted by Gasteiger charge is 2.26. The first-order valence-electron chi connectivity index (χ1n) is 8.16.